The first-order valence-electron chi connectivity index (χ1n) is 9.97. The minimum absolute atomic E-state index is 0.0334. The summed E-state index contributed by atoms with van der Waals surface area (Å²) in [7, 11) is 1.69. The maximum Gasteiger partial charge on any atom is 0.264 e. The minimum atomic E-state index is -0.117. The number of rotatable bonds is 8. The van der Waals surface area contributed by atoms with Gasteiger partial charge in [0, 0.05) is 39.3 Å². The van der Waals surface area contributed by atoms with Crippen molar-refractivity contribution in [2.24, 2.45) is 0 Å². The number of hydrogen-bond donors (Lipinski definition) is 0. The number of ether oxygens (including phenoxy) is 1. The molecule has 0 spiro atoms. The van der Waals surface area contributed by atoms with E-state index in [1.54, 1.807) is 13.1 Å². The zero-order valence-corrected chi connectivity index (χ0v) is 17.9. The van der Waals surface area contributed by atoms with E-state index in [1.807, 2.05) is 46.7 Å². The normalized spacial score (nSPS) is 15.7. The molecule has 1 aromatic carbocycles. The zero-order valence-electron chi connectivity index (χ0n) is 17.1. The van der Waals surface area contributed by atoms with Gasteiger partial charge in [-0.2, -0.15) is 0 Å². The van der Waals surface area contributed by atoms with Crippen molar-refractivity contribution in [3.05, 3.63) is 58.3 Å². The van der Waals surface area contributed by atoms with Crippen LogP contribution in [0.25, 0.3) is 0 Å². The molecule has 0 aliphatic carbocycles. The fourth-order valence-corrected chi connectivity index (χ4v) is 4.20. The molecule has 0 N–H and O–H groups in total. The van der Waals surface area contributed by atoms with Crippen LogP contribution in [0.1, 0.15) is 22.2 Å². The maximum atomic E-state index is 13.2. The topological polar surface area (TPSA) is 53.1 Å². The van der Waals surface area contributed by atoms with E-state index in [1.165, 1.54) is 16.2 Å². The predicted octanol–water partition coefficient (Wildman–Crippen LogP) is 2.57. The molecule has 3 rings (SSSR count). The van der Waals surface area contributed by atoms with Gasteiger partial charge in [-0.05, 0) is 23.9 Å². The van der Waals surface area contributed by atoms with E-state index >= 15 is 0 Å². The van der Waals surface area contributed by atoms with Crippen molar-refractivity contribution >= 4 is 23.2 Å². The SMILES string of the molecule is CC(CN1CCOCC1)N(Cc1ccccc1)C(=O)CN(C)C(=O)c1cccs1. The fourth-order valence-electron chi connectivity index (χ4n) is 3.48. The highest BCUT2D eigenvalue weighted by Crippen LogP contribution is 2.14. The number of morpholine rings is 1. The molecular weight excluding hydrogens is 386 g/mol. The first kappa shape index (κ1) is 21.5. The largest absolute Gasteiger partial charge is 0.379 e. The van der Waals surface area contributed by atoms with Gasteiger partial charge >= 0.3 is 0 Å². The Balaban J connectivity index is 1.68. The molecule has 1 fully saturated rings. The molecule has 0 radical (unpaired) electrons. The van der Waals surface area contributed by atoms with Crippen molar-refractivity contribution in [1.29, 1.82) is 0 Å². The summed E-state index contributed by atoms with van der Waals surface area (Å²) in [5.41, 5.74) is 1.09. The molecule has 1 aliphatic heterocycles. The van der Waals surface area contributed by atoms with Gasteiger partial charge in [0.25, 0.3) is 5.91 Å². The predicted molar refractivity (Wildman–Crippen MR) is 115 cm³/mol. The summed E-state index contributed by atoms with van der Waals surface area (Å²) in [4.78, 5) is 32.1. The Morgan fingerprint density at radius 2 is 1.86 bits per heavy atom. The molecule has 7 heteroatoms. The number of amides is 2. The van der Waals surface area contributed by atoms with Gasteiger partial charge in [-0.3, -0.25) is 14.5 Å². The van der Waals surface area contributed by atoms with Crippen LogP contribution in [0.5, 0.6) is 0 Å². The highest BCUT2D eigenvalue weighted by atomic mass is 32.1. The molecule has 0 bridgehead atoms. The molecule has 29 heavy (non-hydrogen) atoms. The fraction of sp³-hybridized carbons (Fsp3) is 0.455. The van der Waals surface area contributed by atoms with Gasteiger partial charge in [-0.1, -0.05) is 36.4 Å². The molecular formula is C22H29N3O3S. The van der Waals surface area contributed by atoms with Crippen LogP contribution in [0.3, 0.4) is 0 Å². The third kappa shape index (κ3) is 6.13. The Kier molecular flexibility index (Phi) is 7.80. The number of carbonyl (C=O) groups excluding carboxylic acids is 2. The van der Waals surface area contributed by atoms with Crippen molar-refractivity contribution in [2.45, 2.75) is 19.5 Å². The molecule has 2 aromatic rings. The summed E-state index contributed by atoms with van der Waals surface area (Å²) in [5, 5.41) is 1.87. The van der Waals surface area contributed by atoms with Gasteiger partial charge in [0.05, 0.1) is 24.6 Å². The zero-order chi connectivity index (χ0) is 20.6. The number of hydrogen-bond acceptors (Lipinski definition) is 5. The highest BCUT2D eigenvalue weighted by molar-refractivity contribution is 7.12. The lowest BCUT2D eigenvalue weighted by atomic mass is 10.1. The Hall–Kier alpha value is -2.22. The third-order valence-corrected chi connectivity index (χ3v) is 5.98. The summed E-state index contributed by atoms with van der Waals surface area (Å²) >= 11 is 1.39. The van der Waals surface area contributed by atoms with Crippen molar-refractivity contribution in [3.63, 3.8) is 0 Å². The average Bonchev–Trinajstić information content (AvgIpc) is 3.27. The van der Waals surface area contributed by atoms with Crippen LogP contribution in [-0.4, -0.2) is 79.0 Å². The van der Waals surface area contributed by atoms with E-state index < -0.39 is 0 Å². The first-order valence-corrected chi connectivity index (χ1v) is 10.8. The summed E-state index contributed by atoms with van der Waals surface area (Å²) in [6.45, 7) is 6.71. The quantitative estimate of drug-likeness (QED) is 0.665. The van der Waals surface area contributed by atoms with Gasteiger partial charge in [-0.25, -0.2) is 0 Å². The first-order chi connectivity index (χ1) is 14.0. The van der Waals surface area contributed by atoms with Crippen LogP contribution in [0.15, 0.2) is 47.8 Å². The molecule has 1 saturated heterocycles. The van der Waals surface area contributed by atoms with Crippen LogP contribution in [0, 0.1) is 0 Å². The second-order valence-electron chi connectivity index (χ2n) is 7.41. The highest BCUT2D eigenvalue weighted by Gasteiger charge is 2.26. The second kappa shape index (κ2) is 10.5. The van der Waals surface area contributed by atoms with E-state index in [2.05, 4.69) is 11.8 Å². The van der Waals surface area contributed by atoms with Crippen LogP contribution < -0.4 is 0 Å². The smallest absolute Gasteiger partial charge is 0.264 e. The average molecular weight is 416 g/mol. The van der Waals surface area contributed by atoms with E-state index in [4.69, 9.17) is 4.74 Å². The molecule has 6 nitrogen and oxygen atoms in total. The summed E-state index contributed by atoms with van der Waals surface area (Å²) in [5.74, 6) is -0.157. The minimum Gasteiger partial charge on any atom is -0.379 e. The van der Waals surface area contributed by atoms with Gasteiger partial charge in [0.15, 0.2) is 0 Å². The molecule has 1 aromatic heterocycles. The number of carbonyl (C=O) groups is 2. The van der Waals surface area contributed by atoms with Crippen LogP contribution >= 0.6 is 11.3 Å². The van der Waals surface area contributed by atoms with Crippen molar-refractivity contribution in [3.8, 4) is 0 Å². The molecule has 1 aliphatic rings. The third-order valence-electron chi connectivity index (χ3n) is 5.13. The number of benzene rings is 1. The molecule has 1 unspecified atom stereocenters. The molecule has 156 valence electrons. The van der Waals surface area contributed by atoms with E-state index in [0.29, 0.717) is 11.4 Å². The van der Waals surface area contributed by atoms with Gasteiger partial charge in [0.1, 0.15) is 0 Å². The number of thiophene rings is 1. The monoisotopic (exact) mass is 415 g/mol. The maximum absolute atomic E-state index is 13.2. The Labute approximate surface area is 176 Å². The summed E-state index contributed by atoms with van der Waals surface area (Å²) < 4.78 is 5.43. The Bertz CT molecular complexity index is 776. The van der Waals surface area contributed by atoms with Gasteiger partial charge < -0.3 is 14.5 Å². The van der Waals surface area contributed by atoms with E-state index in [9.17, 15) is 9.59 Å². The van der Waals surface area contributed by atoms with Crippen molar-refractivity contribution in [2.75, 3.05) is 46.4 Å². The van der Waals surface area contributed by atoms with Gasteiger partial charge in [-0.15, -0.1) is 11.3 Å². The molecule has 1 atom stereocenters. The lowest BCUT2D eigenvalue weighted by molar-refractivity contribution is -0.135. The Morgan fingerprint density at radius 3 is 2.52 bits per heavy atom. The standard InChI is InChI=1S/C22H29N3O3S/c1-18(15-24-10-12-28-13-11-24)25(16-19-7-4-3-5-8-19)21(26)17-23(2)22(27)20-9-6-14-29-20/h3-9,14,18H,10-13,15-17H2,1-2H3. The lowest BCUT2D eigenvalue weighted by Crippen LogP contribution is -2.50. The van der Waals surface area contributed by atoms with E-state index in [0.717, 1.165) is 38.4 Å². The summed E-state index contributed by atoms with van der Waals surface area (Å²) in [6.07, 6.45) is 0. The summed E-state index contributed by atoms with van der Waals surface area (Å²) in [6, 6.07) is 13.7. The van der Waals surface area contributed by atoms with Crippen molar-refractivity contribution < 1.29 is 14.3 Å². The van der Waals surface area contributed by atoms with Gasteiger partial charge in [0.2, 0.25) is 5.91 Å². The number of nitrogens with zero attached hydrogens (tertiary/aromatic N) is 3. The van der Waals surface area contributed by atoms with Crippen LogP contribution in [0.2, 0.25) is 0 Å². The number of likely N-dealkylation sites (N-methyl/N-ethyl adjacent to an activating group) is 1. The van der Waals surface area contributed by atoms with Crippen LogP contribution in [0.4, 0.5) is 0 Å². The van der Waals surface area contributed by atoms with E-state index in [-0.39, 0.29) is 24.4 Å². The molecule has 2 heterocycles. The Morgan fingerprint density at radius 1 is 1.14 bits per heavy atom. The van der Waals surface area contributed by atoms with Crippen molar-refractivity contribution in [1.82, 2.24) is 14.7 Å². The lowest BCUT2D eigenvalue weighted by Gasteiger charge is -2.36. The second-order valence-corrected chi connectivity index (χ2v) is 8.36. The molecule has 0 saturated carbocycles. The van der Waals surface area contributed by atoms with Crippen LogP contribution in [-0.2, 0) is 16.1 Å². The molecule has 2 amide bonds.